The van der Waals surface area contributed by atoms with Crippen molar-refractivity contribution in [3.63, 3.8) is 0 Å². The lowest BCUT2D eigenvalue weighted by Crippen LogP contribution is -2.25. The molecular formula is C15H12FN3OS2. The first-order valence-corrected chi connectivity index (χ1v) is 8.27. The van der Waals surface area contributed by atoms with Gasteiger partial charge in [-0.25, -0.2) is 4.39 Å². The van der Waals surface area contributed by atoms with Crippen LogP contribution in [-0.4, -0.2) is 16.1 Å². The van der Waals surface area contributed by atoms with Crippen molar-refractivity contribution in [2.45, 2.75) is 13.0 Å². The second-order valence-electron chi connectivity index (χ2n) is 4.63. The first-order valence-electron chi connectivity index (χ1n) is 6.57. The minimum atomic E-state index is -0.309. The average molecular weight is 333 g/mol. The molecule has 22 heavy (non-hydrogen) atoms. The minimum Gasteiger partial charge on any atom is -0.343 e. The van der Waals surface area contributed by atoms with Crippen molar-refractivity contribution in [1.29, 1.82) is 0 Å². The van der Waals surface area contributed by atoms with Crippen molar-refractivity contribution in [3.05, 3.63) is 57.5 Å². The molecule has 1 aromatic carbocycles. The molecule has 1 amide bonds. The third-order valence-corrected chi connectivity index (χ3v) is 5.05. The number of nitrogens with one attached hydrogen (secondary N) is 1. The van der Waals surface area contributed by atoms with E-state index in [-0.39, 0.29) is 17.8 Å². The second-order valence-corrected chi connectivity index (χ2v) is 6.59. The Bertz CT molecular complexity index is 768. The van der Waals surface area contributed by atoms with Crippen molar-refractivity contribution in [2.75, 3.05) is 0 Å². The quantitative estimate of drug-likeness (QED) is 0.788. The number of hydrogen-bond acceptors (Lipinski definition) is 5. The van der Waals surface area contributed by atoms with Crippen LogP contribution in [0.5, 0.6) is 0 Å². The van der Waals surface area contributed by atoms with E-state index < -0.39 is 0 Å². The third kappa shape index (κ3) is 3.20. The number of thiophene rings is 1. The zero-order chi connectivity index (χ0) is 15.5. The van der Waals surface area contributed by atoms with E-state index in [9.17, 15) is 9.18 Å². The zero-order valence-corrected chi connectivity index (χ0v) is 13.2. The van der Waals surface area contributed by atoms with Crippen molar-refractivity contribution in [1.82, 2.24) is 15.5 Å². The van der Waals surface area contributed by atoms with Gasteiger partial charge in [0.05, 0.1) is 6.04 Å². The number of nitrogens with zero attached hydrogens (tertiary/aromatic N) is 2. The SMILES string of the molecule is C[C@H](NC(=O)c1nnc(-c2ccc(F)cc2)s1)c1cccs1. The molecule has 0 bridgehead atoms. The Morgan fingerprint density at radius 2 is 2.00 bits per heavy atom. The molecule has 0 aliphatic rings. The Labute approximate surface area is 134 Å². The molecule has 0 unspecified atom stereocenters. The van der Waals surface area contributed by atoms with Crippen LogP contribution in [-0.2, 0) is 0 Å². The number of halogens is 1. The van der Waals surface area contributed by atoms with Crippen LogP contribution in [0.4, 0.5) is 4.39 Å². The standard InChI is InChI=1S/C15H12FN3OS2/c1-9(12-3-2-8-21-12)17-13(20)15-19-18-14(22-15)10-4-6-11(16)7-5-10/h2-9H,1H3,(H,17,20)/t9-/m0/s1. The number of hydrogen-bond donors (Lipinski definition) is 1. The largest absolute Gasteiger partial charge is 0.343 e. The number of carbonyl (C=O) groups excluding carboxylic acids is 1. The molecule has 7 heteroatoms. The predicted octanol–water partition coefficient (Wildman–Crippen LogP) is 3.90. The van der Waals surface area contributed by atoms with Crippen molar-refractivity contribution in [3.8, 4) is 10.6 Å². The number of benzene rings is 1. The fourth-order valence-corrected chi connectivity index (χ4v) is 3.38. The van der Waals surface area contributed by atoms with E-state index in [2.05, 4.69) is 15.5 Å². The lowest BCUT2D eigenvalue weighted by atomic mass is 10.2. The molecule has 0 saturated heterocycles. The van der Waals surface area contributed by atoms with E-state index in [1.165, 1.54) is 23.5 Å². The molecule has 0 aliphatic carbocycles. The van der Waals surface area contributed by atoms with Crippen LogP contribution in [0.2, 0.25) is 0 Å². The number of aromatic nitrogens is 2. The van der Waals surface area contributed by atoms with Crippen LogP contribution in [0.25, 0.3) is 10.6 Å². The van der Waals surface area contributed by atoms with Crippen LogP contribution in [0.3, 0.4) is 0 Å². The van der Waals surface area contributed by atoms with Gasteiger partial charge in [0.15, 0.2) is 0 Å². The average Bonchev–Trinajstić information content (AvgIpc) is 3.20. The normalized spacial score (nSPS) is 12.1. The molecule has 3 rings (SSSR count). The van der Waals surface area contributed by atoms with Gasteiger partial charge in [-0.15, -0.1) is 21.5 Å². The molecule has 0 aliphatic heterocycles. The first kappa shape index (κ1) is 14.8. The summed E-state index contributed by atoms with van der Waals surface area (Å²) in [4.78, 5) is 13.3. The highest BCUT2D eigenvalue weighted by molar-refractivity contribution is 7.16. The summed E-state index contributed by atoms with van der Waals surface area (Å²) in [7, 11) is 0. The van der Waals surface area contributed by atoms with Crippen LogP contribution in [0, 0.1) is 5.82 Å². The molecular weight excluding hydrogens is 321 g/mol. The molecule has 0 radical (unpaired) electrons. The van der Waals surface area contributed by atoms with E-state index in [0.29, 0.717) is 10.0 Å². The monoisotopic (exact) mass is 333 g/mol. The van der Waals surface area contributed by atoms with E-state index in [1.807, 2.05) is 24.4 Å². The molecule has 112 valence electrons. The van der Waals surface area contributed by atoms with Crippen LogP contribution in [0.1, 0.15) is 27.6 Å². The maximum absolute atomic E-state index is 12.9. The Morgan fingerprint density at radius 1 is 1.23 bits per heavy atom. The van der Waals surface area contributed by atoms with E-state index in [4.69, 9.17) is 0 Å². The Kier molecular flexibility index (Phi) is 4.26. The highest BCUT2D eigenvalue weighted by atomic mass is 32.1. The fourth-order valence-electron chi connectivity index (χ4n) is 1.89. The summed E-state index contributed by atoms with van der Waals surface area (Å²) in [6.07, 6.45) is 0. The number of carbonyl (C=O) groups is 1. The maximum atomic E-state index is 12.9. The fraction of sp³-hybridized carbons (Fsp3) is 0.133. The second kappa shape index (κ2) is 6.33. The highest BCUT2D eigenvalue weighted by Crippen LogP contribution is 2.24. The molecule has 0 saturated carbocycles. The smallest absolute Gasteiger partial charge is 0.282 e. The lowest BCUT2D eigenvalue weighted by molar-refractivity contribution is 0.0939. The Morgan fingerprint density at radius 3 is 2.68 bits per heavy atom. The van der Waals surface area contributed by atoms with Gasteiger partial charge in [-0.2, -0.15) is 0 Å². The van der Waals surface area contributed by atoms with E-state index >= 15 is 0 Å². The van der Waals surface area contributed by atoms with Crippen LogP contribution < -0.4 is 5.32 Å². The molecule has 1 atom stereocenters. The third-order valence-electron chi connectivity index (χ3n) is 3.03. The summed E-state index contributed by atoms with van der Waals surface area (Å²) < 4.78 is 12.9. The van der Waals surface area contributed by atoms with Gasteiger partial charge in [0.2, 0.25) is 5.01 Å². The summed E-state index contributed by atoms with van der Waals surface area (Å²) in [5.41, 5.74) is 0.740. The van der Waals surface area contributed by atoms with Crippen LogP contribution in [0.15, 0.2) is 41.8 Å². The lowest BCUT2D eigenvalue weighted by Gasteiger charge is -2.10. The summed E-state index contributed by atoms with van der Waals surface area (Å²) in [6.45, 7) is 1.92. The Hall–Kier alpha value is -2.12. The van der Waals surface area contributed by atoms with Gasteiger partial charge < -0.3 is 5.32 Å². The van der Waals surface area contributed by atoms with Crippen LogP contribution >= 0.6 is 22.7 Å². The van der Waals surface area contributed by atoms with Crippen molar-refractivity contribution < 1.29 is 9.18 Å². The first-order chi connectivity index (χ1) is 10.6. The Balaban J connectivity index is 1.73. The number of amides is 1. The maximum Gasteiger partial charge on any atom is 0.282 e. The molecule has 4 nitrogen and oxygen atoms in total. The number of rotatable bonds is 4. The predicted molar refractivity (Wildman–Crippen MR) is 85.5 cm³/mol. The van der Waals surface area contributed by atoms with Gasteiger partial charge in [-0.3, -0.25) is 4.79 Å². The van der Waals surface area contributed by atoms with Gasteiger partial charge in [-0.05, 0) is 42.6 Å². The van der Waals surface area contributed by atoms with Crippen molar-refractivity contribution >= 4 is 28.6 Å². The topological polar surface area (TPSA) is 54.9 Å². The molecule has 0 fully saturated rings. The summed E-state index contributed by atoms with van der Waals surface area (Å²) >= 11 is 2.77. The molecule has 1 N–H and O–H groups in total. The van der Waals surface area contributed by atoms with Gasteiger partial charge in [0, 0.05) is 10.4 Å². The molecule has 3 aromatic rings. The van der Waals surface area contributed by atoms with Gasteiger partial charge in [-0.1, -0.05) is 17.4 Å². The molecule has 2 aromatic heterocycles. The van der Waals surface area contributed by atoms with E-state index in [1.54, 1.807) is 23.5 Å². The van der Waals surface area contributed by atoms with Crippen molar-refractivity contribution in [2.24, 2.45) is 0 Å². The summed E-state index contributed by atoms with van der Waals surface area (Å²) in [5, 5.41) is 13.7. The minimum absolute atomic E-state index is 0.0781. The molecule has 2 heterocycles. The zero-order valence-electron chi connectivity index (χ0n) is 11.6. The summed E-state index contributed by atoms with van der Waals surface area (Å²) in [6, 6.07) is 9.79. The van der Waals surface area contributed by atoms with E-state index in [0.717, 1.165) is 10.4 Å². The summed E-state index contributed by atoms with van der Waals surface area (Å²) in [5.74, 6) is -0.567. The van der Waals surface area contributed by atoms with Gasteiger partial charge in [0.1, 0.15) is 10.8 Å². The highest BCUT2D eigenvalue weighted by Gasteiger charge is 2.17. The van der Waals surface area contributed by atoms with Gasteiger partial charge >= 0.3 is 0 Å². The molecule has 0 spiro atoms. The van der Waals surface area contributed by atoms with Gasteiger partial charge in [0.25, 0.3) is 5.91 Å².